The van der Waals surface area contributed by atoms with E-state index in [9.17, 15) is 18.0 Å². The van der Waals surface area contributed by atoms with Crippen LogP contribution in [0, 0.1) is 0 Å². The fraction of sp³-hybridized carbons (Fsp3) is 0.235. The Hall–Kier alpha value is -2.35. The van der Waals surface area contributed by atoms with Gasteiger partial charge in [0.2, 0.25) is 5.91 Å². The lowest BCUT2D eigenvalue weighted by Crippen LogP contribution is -2.17. The molecule has 4 nitrogen and oxygen atoms in total. The summed E-state index contributed by atoms with van der Waals surface area (Å²) in [6, 6.07) is 12.3. The van der Waals surface area contributed by atoms with Crippen LogP contribution in [0.25, 0.3) is 0 Å². The minimum absolute atomic E-state index is 0.175. The number of carbonyl (C=O) groups excluding carboxylic acids is 1. The van der Waals surface area contributed by atoms with E-state index in [1.807, 2.05) is 31.2 Å². The molecule has 134 valence electrons. The Balaban J connectivity index is 1.81. The van der Waals surface area contributed by atoms with Crippen molar-refractivity contribution in [1.29, 1.82) is 0 Å². The Kier molecular flexibility index (Phi) is 6.58. The van der Waals surface area contributed by atoms with Crippen LogP contribution >= 0.6 is 11.8 Å². The van der Waals surface area contributed by atoms with Gasteiger partial charge in [-0.05, 0) is 55.5 Å². The van der Waals surface area contributed by atoms with Gasteiger partial charge in [0.25, 0.3) is 0 Å². The second-order valence-electron chi connectivity index (χ2n) is 4.81. The zero-order valence-electron chi connectivity index (χ0n) is 13.3. The van der Waals surface area contributed by atoms with Crippen LogP contribution in [-0.2, 0) is 4.79 Å². The van der Waals surface area contributed by atoms with Crippen LogP contribution in [0.5, 0.6) is 11.5 Å². The first-order valence-electron chi connectivity index (χ1n) is 7.37. The maximum Gasteiger partial charge on any atom is 0.573 e. The molecule has 0 heterocycles. The van der Waals surface area contributed by atoms with E-state index >= 15 is 0 Å². The first-order chi connectivity index (χ1) is 11.9. The Bertz CT molecular complexity index is 688. The number of hydrogen-bond donors (Lipinski definition) is 1. The van der Waals surface area contributed by atoms with Gasteiger partial charge < -0.3 is 14.8 Å². The Morgan fingerprint density at radius 1 is 1.04 bits per heavy atom. The molecule has 25 heavy (non-hydrogen) atoms. The molecule has 0 aliphatic carbocycles. The van der Waals surface area contributed by atoms with Gasteiger partial charge in [0, 0.05) is 10.6 Å². The summed E-state index contributed by atoms with van der Waals surface area (Å²) in [5, 5.41) is 2.61. The van der Waals surface area contributed by atoms with Gasteiger partial charge in [-0.15, -0.1) is 24.9 Å². The number of hydrogen-bond acceptors (Lipinski definition) is 4. The van der Waals surface area contributed by atoms with E-state index in [1.54, 1.807) is 0 Å². The van der Waals surface area contributed by atoms with Crippen LogP contribution in [-0.4, -0.2) is 24.6 Å². The van der Waals surface area contributed by atoms with E-state index in [1.165, 1.54) is 23.9 Å². The predicted molar refractivity (Wildman–Crippen MR) is 90.1 cm³/mol. The maximum atomic E-state index is 12.1. The normalized spacial score (nSPS) is 11.0. The van der Waals surface area contributed by atoms with Crippen LogP contribution in [0.3, 0.4) is 0 Å². The highest BCUT2D eigenvalue weighted by Gasteiger charge is 2.30. The van der Waals surface area contributed by atoms with Gasteiger partial charge in [0.1, 0.15) is 11.5 Å². The topological polar surface area (TPSA) is 47.6 Å². The van der Waals surface area contributed by atoms with E-state index in [4.69, 9.17) is 4.74 Å². The number of benzene rings is 2. The highest BCUT2D eigenvalue weighted by Crippen LogP contribution is 2.25. The van der Waals surface area contributed by atoms with Crippen molar-refractivity contribution in [1.82, 2.24) is 0 Å². The number of thioether (sulfide) groups is 1. The smallest absolute Gasteiger partial charge is 0.494 e. The molecule has 0 aromatic heterocycles. The fourth-order valence-corrected chi connectivity index (χ4v) is 2.58. The quantitative estimate of drug-likeness (QED) is 0.716. The molecule has 0 bridgehead atoms. The number of anilines is 1. The molecule has 2 aromatic carbocycles. The standard InChI is InChI=1S/C17H16F3NO3S/c1-2-23-13-7-9-15(10-8-13)25-11-16(22)21-12-3-5-14(6-4-12)24-17(18,19)20/h3-10H,2,11H2,1H3,(H,21,22). The molecule has 1 N–H and O–H groups in total. The van der Waals surface area contributed by atoms with E-state index in [-0.39, 0.29) is 17.4 Å². The van der Waals surface area contributed by atoms with Crippen molar-refractivity contribution in [2.75, 3.05) is 17.7 Å². The molecule has 0 saturated heterocycles. The monoisotopic (exact) mass is 371 g/mol. The van der Waals surface area contributed by atoms with Gasteiger partial charge >= 0.3 is 6.36 Å². The Labute approximate surface area is 147 Å². The summed E-state index contributed by atoms with van der Waals surface area (Å²) in [5.41, 5.74) is 0.395. The third-order valence-corrected chi connectivity index (χ3v) is 3.89. The molecule has 0 atom stereocenters. The molecule has 1 amide bonds. The number of alkyl halides is 3. The van der Waals surface area contributed by atoms with Crippen LogP contribution in [0.2, 0.25) is 0 Å². The van der Waals surface area contributed by atoms with Crippen LogP contribution < -0.4 is 14.8 Å². The Morgan fingerprint density at radius 3 is 2.20 bits per heavy atom. The largest absolute Gasteiger partial charge is 0.573 e. The van der Waals surface area contributed by atoms with Crippen molar-refractivity contribution in [2.24, 2.45) is 0 Å². The molecule has 0 aliphatic rings. The van der Waals surface area contributed by atoms with Crippen molar-refractivity contribution in [2.45, 2.75) is 18.2 Å². The van der Waals surface area contributed by atoms with E-state index in [2.05, 4.69) is 10.1 Å². The first-order valence-corrected chi connectivity index (χ1v) is 8.35. The average Bonchev–Trinajstić information content (AvgIpc) is 2.55. The van der Waals surface area contributed by atoms with Crippen LogP contribution in [0.4, 0.5) is 18.9 Å². The summed E-state index contributed by atoms with van der Waals surface area (Å²) in [4.78, 5) is 12.8. The van der Waals surface area contributed by atoms with Crippen molar-refractivity contribution in [3.8, 4) is 11.5 Å². The lowest BCUT2D eigenvalue weighted by molar-refractivity contribution is -0.274. The van der Waals surface area contributed by atoms with Gasteiger partial charge in [-0.1, -0.05) is 0 Å². The van der Waals surface area contributed by atoms with E-state index in [0.717, 1.165) is 22.8 Å². The molecule has 0 radical (unpaired) electrons. The van der Waals surface area contributed by atoms with Gasteiger partial charge in [0.15, 0.2) is 0 Å². The van der Waals surface area contributed by atoms with E-state index in [0.29, 0.717) is 12.3 Å². The molecule has 0 spiro atoms. The molecule has 0 aliphatic heterocycles. The summed E-state index contributed by atoms with van der Waals surface area (Å²) in [7, 11) is 0. The molecular weight excluding hydrogens is 355 g/mol. The predicted octanol–water partition coefficient (Wildman–Crippen LogP) is 4.71. The number of ether oxygens (including phenoxy) is 2. The highest BCUT2D eigenvalue weighted by atomic mass is 32.2. The van der Waals surface area contributed by atoms with Crippen molar-refractivity contribution >= 4 is 23.4 Å². The fourth-order valence-electron chi connectivity index (χ4n) is 1.88. The van der Waals surface area contributed by atoms with Gasteiger partial charge in [-0.2, -0.15) is 0 Å². The molecule has 8 heteroatoms. The summed E-state index contributed by atoms with van der Waals surface area (Å²) in [6.45, 7) is 2.48. The van der Waals surface area contributed by atoms with Crippen molar-refractivity contribution < 1.29 is 27.4 Å². The van der Waals surface area contributed by atoms with Crippen LogP contribution in [0.1, 0.15) is 6.92 Å². The summed E-state index contributed by atoms with van der Waals surface area (Å²) < 4.78 is 45.3. The SMILES string of the molecule is CCOc1ccc(SCC(=O)Nc2ccc(OC(F)(F)F)cc2)cc1. The number of nitrogens with one attached hydrogen (secondary N) is 1. The summed E-state index contributed by atoms with van der Waals surface area (Å²) in [6.07, 6.45) is -4.74. The van der Waals surface area contributed by atoms with Crippen LogP contribution in [0.15, 0.2) is 53.4 Å². The summed E-state index contributed by atoms with van der Waals surface area (Å²) >= 11 is 1.34. The Morgan fingerprint density at radius 2 is 1.64 bits per heavy atom. The molecule has 0 saturated carbocycles. The lowest BCUT2D eigenvalue weighted by atomic mass is 10.3. The molecule has 2 aromatic rings. The second-order valence-corrected chi connectivity index (χ2v) is 5.86. The third-order valence-electron chi connectivity index (χ3n) is 2.88. The number of carbonyl (C=O) groups is 1. The molecule has 2 rings (SSSR count). The number of rotatable bonds is 7. The van der Waals surface area contributed by atoms with E-state index < -0.39 is 6.36 Å². The average molecular weight is 371 g/mol. The summed E-state index contributed by atoms with van der Waals surface area (Å²) in [5.74, 6) is 0.338. The number of halogens is 3. The van der Waals surface area contributed by atoms with Gasteiger partial charge in [0.05, 0.1) is 12.4 Å². The second kappa shape index (κ2) is 8.66. The van der Waals surface area contributed by atoms with Crippen molar-refractivity contribution in [3.63, 3.8) is 0 Å². The number of amides is 1. The lowest BCUT2D eigenvalue weighted by Gasteiger charge is -2.10. The maximum absolute atomic E-state index is 12.1. The zero-order valence-corrected chi connectivity index (χ0v) is 14.1. The first kappa shape index (κ1) is 19.0. The van der Waals surface area contributed by atoms with Gasteiger partial charge in [-0.3, -0.25) is 4.79 Å². The molecular formula is C17H16F3NO3S. The van der Waals surface area contributed by atoms with Crippen molar-refractivity contribution in [3.05, 3.63) is 48.5 Å². The van der Waals surface area contributed by atoms with Gasteiger partial charge in [-0.25, -0.2) is 0 Å². The molecule has 0 fully saturated rings. The third kappa shape index (κ3) is 6.96. The molecule has 0 unspecified atom stereocenters. The minimum Gasteiger partial charge on any atom is -0.494 e. The minimum atomic E-state index is -4.74. The highest BCUT2D eigenvalue weighted by molar-refractivity contribution is 8.00. The zero-order chi connectivity index (χ0) is 18.3.